The molecule has 136 valence electrons. The number of carbonyl (C=O) groups is 2. The van der Waals surface area contributed by atoms with Gasteiger partial charge in [0.05, 0.1) is 6.54 Å². The zero-order valence-corrected chi connectivity index (χ0v) is 15.3. The van der Waals surface area contributed by atoms with Gasteiger partial charge in [0.2, 0.25) is 5.91 Å². The van der Waals surface area contributed by atoms with Gasteiger partial charge < -0.3 is 4.90 Å². The summed E-state index contributed by atoms with van der Waals surface area (Å²) in [6, 6.07) is 19.3. The summed E-state index contributed by atoms with van der Waals surface area (Å²) >= 11 is 0. The van der Waals surface area contributed by atoms with E-state index in [2.05, 4.69) is 4.90 Å². The van der Waals surface area contributed by atoms with Crippen LogP contribution < -0.4 is 4.90 Å². The fourth-order valence-electron chi connectivity index (χ4n) is 3.58. The van der Waals surface area contributed by atoms with Crippen LogP contribution in [0.2, 0.25) is 0 Å². The van der Waals surface area contributed by atoms with Crippen molar-refractivity contribution in [2.24, 2.45) is 5.92 Å². The number of para-hydroxylation sites is 1. The summed E-state index contributed by atoms with van der Waals surface area (Å²) in [6.07, 6.45) is 1.64. The minimum Gasteiger partial charge on any atom is -0.312 e. The first-order valence-electron chi connectivity index (χ1n) is 9.36. The van der Waals surface area contributed by atoms with Crippen molar-refractivity contribution in [3.05, 3.63) is 66.2 Å². The summed E-state index contributed by atoms with van der Waals surface area (Å²) < 4.78 is 0. The van der Waals surface area contributed by atoms with Gasteiger partial charge in [0.1, 0.15) is 0 Å². The molecule has 1 aliphatic rings. The van der Waals surface area contributed by atoms with Crippen molar-refractivity contribution in [3.63, 3.8) is 0 Å². The normalized spacial score (nSPS) is 15.6. The van der Waals surface area contributed by atoms with Crippen LogP contribution in [0.4, 0.5) is 5.69 Å². The van der Waals surface area contributed by atoms with E-state index in [-0.39, 0.29) is 17.6 Å². The Morgan fingerprint density at radius 1 is 0.962 bits per heavy atom. The van der Waals surface area contributed by atoms with Gasteiger partial charge in [-0.15, -0.1) is 0 Å². The molecule has 0 N–H and O–H groups in total. The zero-order chi connectivity index (χ0) is 18.4. The Morgan fingerprint density at radius 2 is 1.54 bits per heavy atom. The van der Waals surface area contributed by atoms with Crippen LogP contribution in [-0.2, 0) is 4.79 Å². The molecule has 0 aromatic heterocycles. The minimum absolute atomic E-state index is 0.0696. The summed E-state index contributed by atoms with van der Waals surface area (Å²) in [5.41, 5.74) is 1.73. The monoisotopic (exact) mass is 350 g/mol. The SMILES string of the molecule is CCN(C(=O)CN1CCC(C(=O)c2ccccc2)CC1)c1ccccc1. The maximum absolute atomic E-state index is 12.7. The summed E-state index contributed by atoms with van der Waals surface area (Å²) in [6.45, 7) is 4.65. The smallest absolute Gasteiger partial charge is 0.241 e. The first-order valence-corrected chi connectivity index (χ1v) is 9.36. The maximum atomic E-state index is 12.7. The number of anilines is 1. The molecule has 0 saturated carbocycles. The van der Waals surface area contributed by atoms with Gasteiger partial charge >= 0.3 is 0 Å². The van der Waals surface area contributed by atoms with E-state index in [1.54, 1.807) is 0 Å². The van der Waals surface area contributed by atoms with Crippen molar-refractivity contribution in [1.29, 1.82) is 0 Å². The Kier molecular flexibility index (Phi) is 6.18. The number of carbonyl (C=O) groups excluding carboxylic acids is 2. The molecular formula is C22H26N2O2. The van der Waals surface area contributed by atoms with Crippen LogP contribution in [0.5, 0.6) is 0 Å². The fourth-order valence-corrected chi connectivity index (χ4v) is 3.58. The molecule has 0 radical (unpaired) electrons. The lowest BCUT2D eigenvalue weighted by Crippen LogP contribution is -2.44. The molecule has 1 fully saturated rings. The van der Waals surface area contributed by atoms with Gasteiger partial charge in [0.15, 0.2) is 5.78 Å². The number of ketones is 1. The highest BCUT2D eigenvalue weighted by molar-refractivity contribution is 5.98. The maximum Gasteiger partial charge on any atom is 0.241 e. The summed E-state index contributed by atoms with van der Waals surface area (Å²) in [4.78, 5) is 29.3. The van der Waals surface area contributed by atoms with Crippen molar-refractivity contribution >= 4 is 17.4 Å². The highest BCUT2D eigenvalue weighted by atomic mass is 16.2. The Labute approximate surface area is 155 Å². The Hall–Kier alpha value is -2.46. The van der Waals surface area contributed by atoms with Crippen LogP contribution in [0.1, 0.15) is 30.1 Å². The van der Waals surface area contributed by atoms with Gasteiger partial charge in [0.25, 0.3) is 0 Å². The number of nitrogens with zero attached hydrogens (tertiary/aromatic N) is 2. The molecule has 26 heavy (non-hydrogen) atoms. The lowest BCUT2D eigenvalue weighted by atomic mass is 9.89. The van der Waals surface area contributed by atoms with Crippen molar-refractivity contribution in [1.82, 2.24) is 4.90 Å². The zero-order valence-electron chi connectivity index (χ0n) is 15.3. The van der Waals surface area contributed by atoms with E-state index in [4.69, 9.17) is 0 Å². The van der Waals surface area contributed by atoms with E-state index in [0.29, 0.717) is 13.1 Å². The van der Waals surface area contributed by atoms with E-state index in [1.807, 2.05) is 72.5 Å². The van der Waals surface area contributed by atoms with Crippen LogP contribution >= 0.6 is 0 Å². The third-order valence-electron chi connectivity index (χ3n) is 5.06. The standard InChI is InChI=1S/C22H26N2O2/c1-2-24(20-11-7-4-8-12-20)21(25)17-23-15-13-19(14-16-23)22(26)18-9-5-3-6-10-18/h3-12,19H,2,13-17H2,1H3. The number of rotatable bonds is 6. The molecule has 4 heteroatoms. The third kappa shape index (κ3) is 4.38. The molecule has 2 aromatic rings. The molecule has 0 aliphatic carbocycles. The highest BCUT2D eigenvalue weighted by Gasteiger charge is 2.27. The van der Waals surface area contributed by atoms with Gasteiger partial charge in [-0.2, -0.15) is 0 Å². The van der Waals surface area contributed by atoms with Gasteiger partial charge in [-0.25, -0.2) is 0 Å². The lowest BCUT2D eigenvalue weighted by Gasteiger charge is -2.32. The van der Waals surface area contributed by atoms with Gasteiger partial charge in [0, 0.05) is 23.7 Å². The van der Waals surface area contributed by atoms with E-state index in [9.17, 15) is 9.59 Å². The number of hydrogen-bond donors (Lipinski definition) is 0. The number of hydrogen-bond acceptors (Lipinski definition) is 3. The first kappa shape index (κ1) is 18.3. The number of likely N-dealkylation sites (tertiary alicyclic amines) is 1. The predicted molar refractivity (Wildman–Crippen MR) is 104 cm³/mol. The van der Waals surface area contributed by atoms with Crippen LogP contribution in [0.3, 0.4) is 0 Å². The quantitative estimate of drug-likeness (QED) is 0.747. The van der Waals surface area contributed by atoms with Gasteiger partial charge in [-0.1, -0.05) is 48.5 Å². The van der Waals surface area contributed by atoms with Crippen LogP contribution in [0.25, 0.3) is 0 Å². The number of amides is 1. The number of likely N-dealkylation sites (N-methyl/N-ethyl adjacent to an activating group) is 1. The van der Waals surface area contributed by atoms with Crippen LogP contribution in [-0.4, -0.2) is 42.8 Å². The second-order valence-corrected chi connectivity index (χ2v) is 6.75. The van der Waals surface area contributed by atoms with E-state index in [1.165, 1.54) is 0 Å². The van der Waals surface area contributed by atoms with E-state index < -0.39 is 0 Å². The molecule has 0 spiro atoms. The molecule has 1 amide bonds. The van der Waals surface area contributed by atoms with Gasteiger partial charge in [-0.3, -0.25) is 14.5 Å². The molecule has 0 unspecified atom stereocenters. The predicted octanol–water partition coefficient (Wildman–Crippen LogP) is 3.63. The Bertz CT molecular complexity index is 722. The topological polar surface area (TPSA) is 40.6 Å². The summed E-state index contributed by atoms with van der Waals surface area (Å²) in [7, 11) is 0. The average molecular weight is 350 g/mol. The first-order chi connectivity index (χ1) is 12.7. The second kappa shape index (κ2) is 8.77. The van der Waals surface area contributed by atoms with Crippen LogP contribution in [0, 0.1) is 5.92 Å². The molecule has 1 saturated heterocycles. The van der Waals surface area contributed by atoms with Crippen molar-refractivity contribution in [2.75, 3.05) is 31.1 Å². The van der Waals surface area contributed by atoms with Crippen LogP contribution in [0.15, 0.2) is 60.7 Å². The largest absolute Gasteiger partial charge is 0.312 e. The molecular weight excluding hydrogens is 324 g/mol. The number of piperidine rings is 1. The van der Waals surface area contributed by atoms with E-state index >= 15 is 0 Å². The molecule has 1 aliphatic heterocycles. The molecule has 0 atom stereocenters. The summed E-state index contributed by atoms with van der Waals surface area (Å²) in [5.74, 6) is 0.419. The average Bonchev–Trinajstić information content (AvgIpc) is 2.70. The summed E-state index contributed by atoms with van der Waals surface area (Å²) in [5, 5.41) is 0. The Morgan fingerprint density at radius 3 is 2.12 bits per heavy atom. The third-order valence-corrected chi connectivity index (χ3v) is 5.06. The molecule has 3 rings (SSSR count). The second-order valence-electron chi connectivity index (χ2n) is 6.75. The highest BCUT2D eigenvalue weighted by Crippen LogP contribution is 2.22. The number of Topliss-reactive ketones (excluding diaryl/α,β-unsaturated/α-hetero) is 1. The fraction of sp³-hybridized carbons (Fsp3) is 0.364. The van der Waals surface area contributed by atoms with Crippen molar-refractivity contribution in [2.45, 2.75) is 19.8 Å². The Balaban J connectivity index is 1.53. The molecule has 4 nitrogen and oxygen atoms in total. The van der Waals surface area contributed by atoms with Gasteiger partial charge in [-0.05, 0) is 45.0 Å². The molecule has 2 aromatic carbocycles. The van der Waals surface area contributed by atoms with Crippen molar-refractivity contribution < 1.29 is 9.59 Å². The molecule has 1 heterocycles. The minimum atomic E-state index is 0.0696. The number of benzene rings is 2. The molecule has 0 bridgehead atoms. The van der Waals surface area contributed by atoms with Crippen molar-refractivity contribution in [3.8, 4) is 0 Å². The van der Waals surface area contributed by atoms with E-state index in [0.717, 1.165) is 37.2 Å². The lowest BCUT2D eigenvalue weighted by molar-refractivity contribution is -0.120.